The van der Waals surface area contributed by atoms with Crippen molar-refractivity contribution >= 4 is 45.1 Å². The van der Waals surface area contributed by atoms with Crippen LogP contribution in [-0.4, -0.2) is 28.8 Å². The van der Waals surface area contributed by atoms with Gasteiger partial charge in [0.05, 0.1) is 5.41 Å². The summed E-state index contributed by atoms with van der Waals surface area (Å²) in [4.78, 5) is 0. The fraction of sp³-hybridized carbons (Fsp3) is 0.179. The molecule has 2 aliphatic heterocycles. The molecule has 6 aromatic rings. The quantitative estimate of drug-likeness (QED) is 0.171. The lowest BCUT2D eigenvalue weighted by Crippen LogP contribution is -2.29. The molecule has 0 aromatic heterocycles. The molecule has 0 radical (unpaired) electrons. The Morgan fingerprint density at radius 2 is 1.30 bits per heavy atom. The van der Waals surface area contributed by atoms with Crippen LogP contribution in [-0.2, 0) is 5.41 Å². The van der Waals surface area contributed by atoms with Crippen molar-refractivity contribution in [2.45, 2.75) is 22.5 Å². The Bertz CT molecular complexity index is 1990. The maximum absolute atomic E-state index is 6.29. The van der Waals surface area contributed by atoms with Crippen LogP contribution in [0.5, 0.6) is 11.5 Å². The van der Waals surface area contributed by atoms with E-state index in [9.17, 15) is 0 Å². The summed E-state index contributed by atoms with van der Waals surface area (Å²) in [6.07, 6.45) is 1.12. The highest BCUT2D eigenvalue weighted by Crippen LogP contribution is 2.59. The van der Waals surface area contributed by atoms with Crippen LogP contribution < -0.4 is 9.47 Å². The Hall–Kier alpha value is -3.86. The molecule has 210 valence electrons. The van der Waals surface area contributed by atoms with E-state index in [-0.39, 0.29) is 5.44 Å². The number of hydrogen-bond donors (Lipinski definition) is 0. The summed E-state index contributed by atoms with van der Waals surface area (Å²) in [7, 11) is 0. The van der Waals surface area contributed by atoms with Gasteiger partial charge in [0.25, 0.3) is 0 Å². The largest absolute Gasteiger partial charge is 0.492 e. The van der Waals surface area contributed by atoms with Crippen LogP contribution in [0.15, 0.2) is 121 Å². The second-order valence-electron chi connectivity index (χ2n) is 11.7. The zero-order valence-electron chi connectivity index (χ0n) is 23.7. The second kappa shape index (κ2) is 10.1. The van der Waals surface area contributed by atoms with Crippen LogP contribution in [0.25, 0.3) is 32.7 Å². The SMILES string of the molecule is c1ccc2cc3c(cc2c1)-c1ccc2ccccc2c1C3(c1ccc(OCC2CS2)cc1)c1ccc(OC2CCS2)cc1. The standard InChI is InChI=1S/C39H30O2S2/c1-2-7-27-22-36-35(21-26(27)6-1)34-18-9-25-5-3-4-8-33(25)38(34)39(36,28-10-14-30(15-11-28)40-23-32-24-43-32)29-12-16-31(17-13-29)41-37-19-20-42-37/h1-18,21-22,32,37H,19-20,23-24H2. The molecule has 0 spiro atoms. The first kappa shape index (κ1) is 25.6. The van der Waals surface area contributed by atoms with E-state index in [1.165, 1.54) is 66.4 Å². The van der Waals surface area contributed by atoms with E-state index in [0.29, 0.717) is 5.25 Å². The zero-order chi connectivity index (χ0) is 28.4. The van der Waals surface area contributed by atoms with Gasteiger partial charge in [-0.1, -0.05) is 84.9 Å². The third-order valence-corrected chi connectivity index (χ3v) is 11.3. The molecule has 2 fully saturated rings. The first-order valence-electron chi connectivity index (χ1n) is 15.1. The van der Waals surface area contributed by atoms with Crippen LogP contribution in [0.3, 0.4) is 0 Å². The Morgan fingerprint density at radius 3 is 1.98 bits per heavy atom. The first-order chi connectivity index (χ1) is 21.3. The van der Waals surface area contributed by atoms with Crippen LogP contribution in [0.4, 0.5) is 0 Å². The number of rotatable bonds is 7. The van der Waals surface area contributed by atoms with Crippen LogP contribution >= 0.6 is 23.5 Å². The minimum absolute atomic E-state index is 0.268. The predicted molar refractivity (Wildman–Crippen MR) is 182 cm³/mol. The summed E-state index contributed by atoms with van der Waals surface area (Å²) < 4.78 is 12.5. The monoisotopic (exact) mass is 594 g/mol. The van der Waals surface area contributed by atoms with Gasteiger partial charge in [0.1, 0.15) is 23.5 Å². The van der Waals surface area contributed by atoms with Crippen LogP contribution in [0.2, 0.25) is 0 Å². The first-order valence-corrected chi connectivity index (χ1v) is 17.2. The normalized spacial score (nSPS) is 21.7. The van der Waals surface area contributed by atoms with Crippen molar-refractivity contribution in [1.82, 2.24) is 0 Å². The van der Waals surface area contributed by atoms with Crippen LogP contribution in [0.1, 0.15) is 28.7 Å². The van der Waals surface area contributed by atoms with E-state index < -0.39 is 5.41 Å². The molecule has 43 heavy (non-hydrogen) atoms. The molecule has 2 heterocycles. The number of fused-ring (bicyclic) bond motifs is 6. The van der Waals surface area contributed by atoms with Gasteiger partial charge >= 0.3 is 0 Å². The molecule has 0 bridgehead atoms. The molecular formula is C39H30O2S2. The summed E-state index contributed by atoms with van der Waals surface area (Å²) in [5, 5.41) is 5.70. The fourth-order valence-electron chi connectivity index (χ4n) is 6.97. The Kier molecular flexibility index (Phi) is 6.02. The maximum Gasteiger partial charge on any atom is 0.145 e. The van der Waals surface area contributed by atoms with Crippen molar-refractivity contribution in [1.29, 1.82) is 0 Å². The summed E-state index contributed by atoms with van der Waals surface area (Å²) >= 11 is 3.85. The zero-order valence-corrected chi connectivity index (χ0v) is 25.3. The fourth-order valence-corrected chi connectivity index (χ4v) is 7.98. The summed E-state index contributed by atoms with van der Waals surface area (Å²) in [5.41, 5.74) is 7.53. The van der Waals surface area contributed by atoms with Gasteiger partial charge in [0, 0.05) is 23.2 Å². The molecule has 1 aliphatic carbocycles. The molecule has 0 N–H and O–H groups in total. The number of ether oxygens (including phenoxy) is 2. The molecule has 3 atom stereocenters. The van der Waals surface area contributed by atoms with Gasteiger partial charge in [0.2, 0.25) is 0 Å². The minimum atomic E-state index is -0.510. The van der Waals surface area contributed by atoms with Gasteiger partial charge < -0.3 is 9.47 Å². The van der Waals surface area contributed by atoms with Gasteiger partial charge in [-0.3, -0.25) is 0 Å². The van der Waals surface area contributed by atoms with E-state index in [1.807, 2.05) is 23.5 Å². The number of benzene rings is 6. The molecular weight excluding hydrogens is 565 g/mol. The Labute approximate surface area is 260 Å². The van der Waals surface area contributed by atoms with E-state index in [1.54, 1.807) is 0 Å². The Balaban J connectivity index is 1.32. The van der Waals surface area contributed by atoms with Gasteiger partial charge in [-0.15, -0.1) is 11.8 Å². The lowest BCUT2D eigenvalue weighted by molar-refractivity contribution is 0.271. The van der Waals surface area contributed by atoms with Crippen molar-refractivity contribution in [3.05, 3.63) is 144 Å². The van der Waals surface area contributed by atoms with Crippen molar-refractivity contribution in [2.24, 2.45) is 0 Å². The third-order valence-electron chi connectivity index (χ3n) is 9.22. The van der Waals surface area contributed by atoms with Gasteiger partial charge in [-0.25, -0.2) is 0 Å². The highest BCUT2D eigenvalue weighted by atomic mass is 32.2. The molecule has 6 aromatic carbocycles. The van der Waals surface area contributed by atoms with Crippen molar-refractivity contribution < 1.29 is 9.47 Å². The summed E-state index contributed by atoms with van der Waals surface area (Å²) in [5.74, 6) is 4.25. The van der Waals surface area contributed by atoms with Crippen molar-refractivity contribution in [3.8, 4) is 22.6 Å². The molecule has 3 unspecified atom stereocenters. The summed E-state index contributed by atoms with van der Waals surface area (Å²) in [6.45, 7) is 0.776. The number of thioether (sulfide) groups is 2. The van der Waals surface area contributed by atoms with Gasteiger partial charge in [-0.05, 0) is 91.3 Å². The van der Waals surface area contributed by atoms with Crippen molar-refractivity contribution in [2.75, 3.05) is 18.1 Å². The van der Waals surface area contributed by atoms with E-state index in [2.05, 4.69) is 121 Å². The smallest absolute Gasteiger partial charge is 0.145 e. The van der Waals surface area contributed by atoms with E-state index in [0.717, 1.165) is 24.5 Å². The second-order valence-corrected chi connectivity index (χ2v) is 14.3. The van der Waals surface area contributed by atoms with Crippen LogP contribution in [0, 0.1) is 0 Å². The average Bonchev–Trinajstić information content (AvgIpc) is 3.83. The molecule has 0 amide bonds. The third kappa shape index (κ3) is 4.18. The molecule has 0 saturated carbocycles. The highest BCUT2D eigenvalue weighted by Gasteiger charge is 2.47. The van der Waals surface area contributed by atoms with Gasteiger partial charge in [-0.2, -0.15) is 11.8 Å². The Morgan fingerprint density at radius 1 is 0.651 bits per heavy atom. The van der Waals surface area contributed by atoms with Crippen molar-refractivity contribution in [3.63, 3.8) is 0 Å². The lowest BCUT2D eigenvalue weighted by atomic mass is 9.66. The van der Waals surface area contributed by atoms with E-state index >= 15 is 0 Å². The maximum atomic E-state index is 6.29. The lowest BCUT2D eigenvalue weighted by Gasteiger charge is -2.35. The molecule has 2 nitrogen and oxygen atoms in total. The minimum Gasteiger partial charge on any atom is -0.492 e. The molecule has 2 saturated heterocycles. The molecule has 9 rings (SSSR count). The summed E-state index contributed by atoms with van der Waals surface area (Å²) in [6, 6.07) is 44.9. The van der Waals surface area contributed by atoms with E-state index in [4.69, 9.17) is 9.47 Å². The topological polar surface area (TPSA) is 18.5 Å². The predicted octanol–water partition coefficient (Wildman–Crippen LogP) is 9.69. The number of hydrogen-bond acceptors (Lipinski definition) is 4. The highest BCUT2D eigenvalue weighted by molar-refractivity contribution is 8.06. The average molecular weight is 595 g/mol. The molecule has 3 aliphatic rings. The molecule has 4 heteroatoms. The van der Waals surface area contributed by atoms with Gasteiger partial charge in [0.15, 0.2) is 0 Å².